The van der Waals surface area contributed by atoms with E-state index in [-0.39, 0.29) is 12.0 Å². The third-order valence-corrected chi connectivity index (χ3v) is 3.87. The highest BCUT2D eigenvalue weighted by molar-refractivity contribution is 5.75. The standard InChI is InChI=1S/C14H27NO2/c1-4-6-11-7-9-12(10-8-11)15-13(5-2)14(16)17-3/h11-13,15H,4-10H2,1-3H3. The Bertz CT molecular complexity index is 222. The van der Waals surface area contributed by atoms with E-state index in [1.54, 1.807) is 0 Å². The van der Waals surface area contributed by atoms with E-state index in [1.807, 2.05) is 6.92 Å². The zero-order valence-electron chi connectivity index (χ0n) is 11.5. The van der Waals surface area contributed by atoms with Crippen molar-refractivity contribution in [2.24, 2.45) is 5.92 Å². The van der Waals surface area contributed by atoms with Crippen molar-refractivity contribution >= 4 is 5.97 Å². The molecule has 1 saturated carbocycles. The van der Waals surface area contributed by atoms with Crippen molar-refractivity contribution in [3.05, 3.63) is 0 Å². The lowest BCUT2D eigenvalue weighted by Crippen LogP contribution is -2.45. The predicted octanol–water partition coefficient (Wildman–Crippen LogP) is 2.89. The third-order valence-electron chi connectivity index (χ3n) is 3.87. The van der Waals surface area contributed by atoms with Crippen LogP contribution in [-0.4, -0.2) is 25.2 Å². The molecule has 0 radical (unpaired) electrons. The van der Waals surface area contributed by atoms with Crippen LogP contribution in [0, 0.1) is 5.92 Å². The number of carbonyl (C=O) groups is 1. The van der Waals surface area contributed by atoms with Crippen LogP contribution in [0.25, 0.3) is 0 Å². The molecule has 1 N–H and O–H groups in total. The van der Waals surface area contributed by atoms with Crippen LogP contribution in [0.1, 0.15) is 58.8 Å². The van der Waals surface area contributed by atoms with Gasteiger partial charge in [-0.1, -0.05) is 26.7 Å². The molecule has 0 aliphatic heterocycles. The summed E-state index contributed by atoms with van der Waals surface area (Å²) in [6.07, 6.45) is 8.49. The minimum absolute atomic E-state index is 0.118. The Morgan fingerprint density at radius 2 is 1.94 bits per heavy atom. The van der Waals surface area contributed by atoms with Gasteiger partial charge in [0.05, 0.1) is 7.11 Å². The molecule has 1 aliphatic rings. The molecule has 0 heterocycles. The van der Waals surface area contributed by atoms with Crippen molar-refractivity contribution in [1.82, 2.24) is 5.32 Å². The summed E-state index contributed by atoms with van der Waals surface area (Å²) in [7, 11) is 1.46. The molecule has 0 saturated heterocycles. The molecule has 0 aromatic rings. The fourth-order valence-electron chi connectivity index (χ4n) is 2.81. The molecule has 1 atom stereocenters. The van der Waals surface area contributed by atoms with Gasteiger partial charge < -0.3 is 10.1 Å². The highest BCUT2D eigenvalue weighted by Gasteiger charge is 2.25. The number of hydrogen-bond acceptors (Lipinski definition) is 3. The first-order chi connectivity index (χ1) is 8.21. The largest absolute Gasteiger partial charge is 0.468 e. The Kier molecular flexibility index (Phi) is 6.56. The van der Waals surface area contributed by atoms with Crippen LogP contribution in [0.5, 0.6) is 0 Å². The van der Waals surface area contributed by atoms with Crippen LogP contribution in [0.15, 0.2) is 0 Å². The van der Waals surface area contributed by atoms with Gasteiger partial charge in [0, 0.05) is 6.04 Å². The summed E-state index contributed by atoms with van der Waals surface area (Å²) in [4.78, 5) is 11.5. The molecule has 1 unspecified atom stereocenters. The van der Waals surface area contributed by atoms with Gasteiger partial charge in [0.2, 0.25) is 0 Å². The zero-order valence-corrected chi connectivity index (χ0v) is 11.5. The molecule has 0 spiro atoms. The van der Waals surface area contributed by atoms with Crippen molar-refractivity contribution in [2.75, 3.05) is 7.11 Å². The lowest BCUT2D eigenvalue weighted by Gasteiger charge is -2.31. The van der Waals surface area contributed by atoms with E-state index in [9.17, 15) is 4.79 Å². The van der Waals surface area contributed by atoms with Crippen LogP contribution in [0.4, 0.5) is 0 Å². The van der Waals surface area contributed by atoms with Crippen LogP contribution in [0.3, 0.4) is 0 Å². The fraction of sp³-hybridized carbons (Fsp3) is 0.929. The normalized spacial score (nSPS) is 26.5. The van der Waals surface area contributed by atoms with E-state index in [2.05, 4.69) is 12.2 Å². The second-order valence-corrected chi connectivity index (χ2v) is 5.16. The van der Waals surface area contributed by atoms with E-state index in [1.165, 1.54) is 45.6 Å². The van der Waals surface area contributed by atoms with E-state index >= 15 is 0 Å². The lowest BCUT2D eigenvalue weighted by molar-refractivity contribution is -0.143. The molecule has 3 nitrogen and oxygen atoms in total. The number of rotatable bonds is 6. The van der Waals surface area contributed by atoms with Crippen LogP contribution in [-0.2, 0) is 9.53 Å². The van der Waals surface area contributed by atoms with Crippen LogP contribution in [0.2, 0.25) is 0 Å². The van der Waals surface area contributed by atoms with E-state index in [4.69, 9.17) is 4.74 Å². The molecular weight excluding hydrogens is 214 g/mol. The quantitative estimate of drug-likeness (QED) is 0.727. The molecule has 1 fully saturated rings. The number of hydrogen-bond donors (Lipinski definition) is 1. The molecule has 0 aromatic heterocycles. The van der Waals surface area contributed by atoms with Gasteiger partial charge in [0.25, 0.3) is 0 Å². The second-order valence-electron chi connectivity index (χ2n) is 5.16. The molecule has 3 heteroatoms. The summed E-state index contributed by atoms with van der Waals surface area (Å²) in [6, 6.07) is 0.389. The summed E-state index contributed by atoms with van der Waals surface area (Å²) in [5.74, 6) is 0.791. The highest BCUT2D eigenvalue weighted by atomic mass is 16.5. The average Bonchev–Trinajstić information content (AvgIpc) is 2.37. The van der Waals surface area contributed by atoms with Crippen molar-refractivity contribution in [2.45, 2.75) is 70.9 Å². The van der Waals surface area contributed by atoms with Gasteiger partial charge in [-0.2, -0.15) is 0 Å². The van der Waals surface area contributed by atoms with Gasteiger partial charge in [0.1, 0.15) is 6.04 Å². The number of carbonyl (C=O) groups excluding carboxylic acids is 1. The first-order valence-corrected chi connectivity index (χ1v) is 7.05. The Morgan fingerprint density at radius 1 is 1.29 bits per heavy atom. The number of methoxy groups -OCH3 is 1. The summed E-state index contributed by atoms with van der Waals surface area (Å²) >= 11 is 0. The van der Waals surface area contributed by atoms with Crippen LogP contribution >= 0.6 is 0 Å². The predicted molar refractivity (Wildman–Crippen MR) is 69.9 cm³/mol. The monoisotopic (exact) mass is 241 g/mol. The van der Waals surface area contributed by atoms with Gasteiger partial charge >= 0.3 is 5.97 Å². The fourth-order valence-corrected chi connectivity index (χ4v) is 2.81. The Labute approximate surface area is 105 Å². The lowest BCUT2D eigenvalue weighted by atomic mass is 9.83. The van der Waals surface area contributed by atoms with Crippen molar-refractivity contribution in [1.29, 1.82) is 0 Å². The van der Waals surface area contributed by atoms with Crippen molar-refractivity contribution < 1.29 is 9.53 Å². The highest BCUT2D eigenvalue weighted by Crippen LogP contribution is 2.28. The van der Waals surface area contributed by atoms with E-state index in [0.717, 1.165) is 12.3 Å². The molecule has 17 heavy (non-hydrogen) atoms. The smallest absolute Gasteiger partial charge is 0.322 e. The molecule has 1 rings (SSSR count). The summed E-state index contributed by atoms with van der Waals surface area (Å²) in [5, 5.41) is 3.44. The van der Waals surface area contributed by atoms with Gasteiger partial charge in [0.15, 0.2) is 0 Å². The third kappa shape index (κ3) is 4.66. The topological polar surface area (TPSA) is 38.3 Å². The van der Waals surface area contributed by atoms with Gasteiger partial charge in [-0.15, -0.1) is 0 Å². The zero-order chi connectivity index (χ0) is 12.7. The summed E-state index contributed by atoms with van der Waals surface area (Å²) < 4.78 is 4.80. The Morgan fingerprint density at radius 3 is 2.41 bits per heavy atom. The average molecular weight is 241 g/mol. The Hall–Kier alpha value is -0.570. The molecule has 1 aliphatic carbocycles. The second kappa shape index (κ2) is 7.70. The number of nitrogens with one attached hydrogen (secondary N) is 1. The SMILES string of the molecule is CCCC1CCC(NC(CC)C(=O)OC)CC1. The summed E-state index contributed by atoms with van der Waals surface area (Å²) in [5.41, 5.74) is 0. The molecule has 0 amide bonds. The van der Waals surface area contributed by atoms with Gasteiger partial charge in [-0.3, -0.25) is 4.79 Å². The number of ether oxygens (including phenoxy) is 1. The minimum Gasteiger partial charge on any atom is -0.468 e. The maximum atomic E-state index is 11.5. The first kappa shape index (κ1) is 14.5. The van der Waals surface area contributed by atoms with Crippen molar-refractivity contribution in [3.8, 4) is 0 Å². The van der Waals surface area contributed by atoms with Gasteiger partial charge in [-0.05, 0) is 38.0 Å². The van der Waals surface area contributed by atoms with Crippen LogP contribution < -0.4 is 5.32 Å². The molecule has 0 aromatic carbocycles. The maximum absolute atomic E-state index is 11.5. The van der Waals surface area contributed by atoms with E-state index < -0.39 is 0 Å². The minimum atomic E-state index is -0.122. The first-order valence-electron chi connectivity index (χ1n) is 7.05. The summed E-state index contributed by atoms with van der Waals surface area (Å²) in [6.45, 7) is 4.28. The molecule has 100 valence electrons. The van der Waals surface area contributed by atoms with E-state index in [0.29, 0.717) is 6.04 Å². The molecule has 0 bridgehead atoms. The Balaban J connectivity index is 2.31. The number of esters is 1. The maximum Gasteiger partial charge on any atom is 0.322 e. The van der Waals surface area contributed by atoms with Gasteiger partial charge in [-0.25, -0.2) is 0 Å². The van der Waals surface area contributed by atoms with Crippen molar-refractivity contribution in [3.63, 3.8) is 0 Å². The molecular formula is C14H27NO2.